The molecule has 0 saturated heterocycles. The average Bonchev–Trinajstić information content (AvgIpc) is 3.05. The number of aromatic nitrogens is 4. The van der Waals surface area contributed by atoms with Crippen molar-refractivity contribution >= 4 is 0 Å². The molecule has 0 bridgehead atoms. The van der Waals surface area contributed by atoms with E-state index in [1.807, 2.05) is 30.6 Å². The van der Waals surface area contributed by atoms with Gasteiger partial charge >= 0.3 is 0 Å². The first-order chi connectivity index (χ1) is 11.0. The molecule has 0 aliphatic carbocycles. The third-order valence-electron chi connectivity index (χ3n) is 3.67. The lowest BCUT2D eigenvalue weighted by Gasteiger charge is -2.15. The summed E-state index contributed by atoms with van der Waals surface area (Å²) in [5.74, 6) is 1.50. The Kier molecular flexibility index (Phi) is 3.86. The summed E-state index contributed by atoms with van der Waals surface area (Å²) in [5, 5.41) is 0. The Labute approximate surface area is 135 Å². The zero-order valence-corrected chi connectivity index (χ0v) is 13.8. The van der Waals surface area contributed by atoms with E-state index in [9.17, 15) is 0 Å². The Morgan fingerprint density at radius 1 is 1.00 bits per heavy atom. The van der Waals surface area contributed by atoms with Crippen LogP contribution in [0.15, 0.2) is 43.0 Å². The zero-order chi connectivity index (χ0) is 16.4. The van der Waals surface area contributed by atoms with Gasteiger partial charge in [0, 0.05) is 35.3 Å². The van der Waals surface area contributed by atoms with Gasteiger partial charge in [0.05, 0.1) is 13.3 Å². The van der Waals surface area contributed by atoms with E-state index in [0.29, 0.717) is 0 Å². The molecule has 1 N–H and O–H groups in total. The predicted molar refractivity (Wildman–Crippen MR) is 90.3 cm³/mol. The molecule has 0 amide bonds. The van der Waals surface area contributed by atoms with Crippen LogP contribution < -0.4 is 4.74 Å². The Hall–Kier alpha value is -2.69. The highest BCUT2D eigenvalue weighted by atomic mass is 16.5. The highest BCUT2D eigenvalue weighted by Crippen LogP contribution is 2.27. The molecular weight excluding hydrogens is 288 g/mol. The molecule has 3 aromatic rings. The number of aromatic amines is 1. The fourth-order valence-corrected chi connectivity index (χ4v) is 2.26. The number of nitrogens with zero attached hydrogens (tertiary/aromatic N) is 3. The second-order valence-corrected chi connectivity index (χ2v) is 6.44. The number of ether oxygens (including phenoxy) is 1. The summed E-state index contributed by atoms with van der Waals surface area (Å²) in [6.45, 7) is 6.45. The lowest BCUT2D eigenvalue weighted by molar-refractivity contribution is 0.413. The molecule has 3 aromatic heterocycles. The highest BCUT2D eigenvalue weighted by molar-refractivity contribution is 5.68. The monoisotopic (exact) mass is 308 g/mol. The van der Waals surface area contributed by atoms with Crippen LogP contribution in [0.3, 0.4) is 0 Å². The molecule has 3 rings (SSSR count). The van der Waals surface area contributed by atoms with Crippen LogP contribution in [-0.2, 0) is 5.41 Å². The van der Waals surface area contributed by atoms with Crippen molar-refractivity contribution in [3.63, 3.8) is 0 Å². The van der Waals surface area contributed by atoms with Gasteiger partial charge < -0.3 is 9.72 Å². The maximum absolute atomic E-state index is 5.24. The first-order valence-corrected chi connectivity index (χ1v) is 7.49. The molecule has 0 unspecified atom stereocenters. The molecular formula is C18H20N4O. The summed E-state index contributed by atoms with van der Waals surface area (Å²) in [7, 11) is 1.63. The first-order valence-electron chi connectivity index (χ1n) is 7.49. The topological polar surface area (TPSA) is 63.7 Å². The second kappa shape index (κ2) is 5.83. The number of imidazole rings is 1. The fourth-order valence-electron chi connectivity index (χ4n) is 2.26. The number of rotatable bonds is 3. The molecule has 0 aromatic carbocycles. The van der Waals surface area contributed by atoms with Crippen molar-refractivity contribution < 1.29 is 4.74 Å². The normalized spacial score (nSPS) is 11.5. The van der Waals surface area contributed by atoms with Gasteiger partial charge in [-0.25, -0.2) is 4.98 Å². The number of pyridine rings is 2. The van der Waals surface area contributed by atoms with Crippen molar-refractivity contribution in [2.24, 2.45) is 0 Å². The number of hydrogen-bond acceptors (Lipinski definition) is 4. The maximum atomic E-state index is 5.24. The van der Waals surface area contributed by atoms with E-state index in [1.165, 1.54) is 0 Å². The predicted octanol–water partition coefficient (Wildman–Crippen LogP) is 3.84. The van der Waals surface area contributed by atoms with Crippen LogP contribution in [0.1, 0.15) is 26.5 Å². The quantitative estimate of drug-likeness (QED) is 0.798. The molecule has 0 radical (unpaired) electrons. The van der Waals surface area contributed by atoms with Crippen molar-refractivity contribution in [1.82, 2.24) is 19.9 Å². The minimum atomic E-state index is 0.0274. The van der Waals surface area contributed by atoms with Crippen molar-refractivity contribution in [3.8, 4) is 28.4 Å². The molecule has 5 nitrogen and oxygen atoms in total. The summed E-state index contributed by atoms with van der Waals surface area (Å²) in [4.78, 5) is 16.4. The zero-order valence-electron chi connectivity index (χ0n) is 13.8. The number of H-pyrrole nitrogens is 1. The Morgan fingerprint density at radius 2 is 1.83 bits per heavy atom. The van der Waals surface area contributed by atoms with Gasteiger partial charge in [-0.3, -0.25) is 9.97 Å². The molecule has 0 aliphatic heterocycles. The van der Waals surface area contributed by atoms with Crippen LogP contribution in [0.25, 0.3) is 22.6 Å². The molecule has 0 spiro atoms. The summed E-state index contributed by atoms with van der Waals surface area (Å²) >= 11 is 0. The van der Waals surface area contributed by atoms with Gasteiger partial charge in [0.25, 0.3) is 0 Å². The second-order valence-electron chi connectivity index (χ2n) is 6.44. The third-order valence-corrected chi connectivity index (χ3v) is 3.67. The van der Waals surface area contributed by atoms with Crippen LogP contribution >= 0.6 is 0 Å². The number of nitrogens with one attached hydrogen (secondary N) is 1. The standard InChI is InChI=1S/C18H20N4O/c1-18(2,3)16-11-21-17(22-16)15-8-12(5-6-20-15)13-7-14(23-4)10-19-9-13/h5-11H,1-4H3,(H,21,22). The molecule has 0 saturated carbocycles. The molecule has 118 valence electrons. The minimum Gasteiger partial charge on any atom is -0.495 e. The number of hydrogen-bond donors (Lipinski definition) is 1. The molecule has 3 heterocycles. The fraction of sp³-hybridized carbons (Fsp3) is 0.278. The van der Waals surface area contributed by atoms with Gasteiger partial charge in [-0.2, -0.15) is 0 Å². The van der Waals surface area contributed by atoms with Crippen molar-refractivity contribution in [1.29, 1.82) is 0 Å². The largest absolute Gasteiger partial charge is 0.495 e. The van der Waals surface area contributed by atoms with Gasteiger partial charge in [0.15, 0.2) is 5.82 Å². The van der Waals surface area contributed by atoms with Crippen molar-refractivity contribution in [2.75, 3.05) is 7.11 Å². The Balaban J connectivity index is 1.98. The maximum Gasteiger partial charge on any atom is 0.156 e. The van der Waals surface area contributed by atoms with E-state index in [-0.39, 0.29) is 5.41 Å². The summed E-state index contributed by atoms with van der Waals surface area (Å²) in [5.41, 5.74) is 3.92. The lowest BCUT2D eigenvalue weighted by Crippen LogP contribution is -2.11. The van der Waals surface area contributed by atoms with Gasteiger partial charge in [0.2, 0.25) is 0 Å². The smallest absolute Gasteiger partial charge is 0.156 e. The molecule has 0 aliphatic rings. The lowest BCUT2D eigenvalue weighted by atomic mass is 9.93. The van der Waals surface area contributed by atoms with Crippen molar-refractivity contribution in [2.45, 2.75) is 26.2 Å². The van der Waals surface area contributed by atoms with Crippen LogP contribution in [0.5, 0.6) is 5.75 Å². The van der Waals surface area contributed by atoms with E-state index in [2.05, 4.69) is 40.7 Å². The minimum absolute atomic E-state index is 0.0274. The van der Waals surface area contributed by atoms with Gasteiger partial charge in [0.1, 0.15) is 11.4 Å². The van der Waals surface area contributed by atoms with Crippen LogP contribution in [0.4, 0.5) is 0 Å². The van der Waals surface area contributed by atoms with E-state index in [0.717, 1.165) is 34.1 Å². The van der Waals surface area contributed by atoms with Crippen molar-refractivity contribution in [3.05, 3.63) is 48.7 Å². The van der Waals surface area contributed by atoms with Gasteiger partial charge in [-0.1, -0.05) is 20.8 Å². The van der Waals surface area contributed by atoms with E-state index in [4.69, 9.17) is 4.74 Å². The summed E-state index contributed by atoms with van der Waals surface area (Å²) < 4.78 is 5.24. The Morgan fingerprint density at radius 3 is 2.52 bits per heavy atom. The first kappa shape index (κ1) is 15.2. The molecule has 0 fully saturated rings. The van der Waals surface area contributed by atoms with Crippen LogP contribution in [0, 0.1) is 0 Å². The highest BCUT2D eigenvalue weighted by Gasteiger charge is 2.17. The van der Waals surface area contributed by atoms with E-state index < -0.39 is 0 Å². The molecule has 5 heteroatoms. The number of methoxy groups -OCH3 is 1. The molecule has 23 heavy (non-hydrogen) atoms. The summed E-state index contributed by atoms with van der Waals surface area (Å²) in [6.07, 6.45) is 7.15. The Bertz CT molecular complexity index is 818. The SMILES string of the molecule is COc1cncc(-c2ccnc(-c3ncc(C(C)(C)C)[nH]3)c2)c1. The van der Waals surface area contributed by atoms with E-state index in [1.54, 1.807) is 19.5 Å². The van der Waals surface area contributed by atoms with Gasteiger partial charge in [-0.05, 0) is 23.8 Å². The van der Waals surface area contributed by atoms with Gasteiger partial charge in [-0.15, -0.1) is 0 Å². The average molecular weight is 308 g/mol. The summed E-state index contributed by atoms with van der Waals surface area (Å²) in [6, 6.07) is 5.91. The van der Waals surface area contributed by atoms with Crippen LogP contribution in [0.2, 0.25) is 0 Å². The molecule has 0 atom stereocenters. The third kappa shape index (κ3) is 3.23. The van der Waals surface area contributed by atoms with Crippen LogP contribution in [-0.4, -0.2) is 27.0 Å². The van der Waals surface area contributed by atoms with E-state index >= 15 is 0 Å².